The van der Waals surface area contributed by atoms with Crippen LogP contribution >= 0.6 is 0 Å². The molecule has 0 saturated carbocycles. The number of aliphatic carboxylic acids is 1. The molecule has 32 heavy (non-hydrogen) atoms. The zero-order valence-corrected chi connectivity index (χ0v) is 17.8. The molecule has 0 aromatic heterocycles. The van der Waals surface area contributed by atoms with Crippen molar-refractivity contribution in [1.29, 1.82) is 5.41 Å². The summed E-state index contributed by atoms with van der Waals surface area (Å²) < 4.78 is 0. The molecule has 3 rings (SSSR count). The number of nitrogens with zero attached hydrogens (tertiary/aromatic N) is 1. The summed E-state index contributed by atoms with van der Waals surface area (Å²) in [5, 5.41) is 19.7. The van der Waals surface area contributed by atoms with Gasteiger partial charge in [0.25, 0.3) is 5.91 Å². The number of hydrogen-bond donors (Lipinski definition) is 4. The van der Waals surface area contributed by atoms with Crippen molar-refractivity contribution in [2.45, 2.75) is 19.0 Å². The van der Waals surface area contributed by atoms with Crippen molar-refractivity contribution in [1.82, 2.24) is 10.2 Å². The summed E-state index contributed by atoms with van der Waals surface area (Å²) in [5.41, 5.74) is 9.87. The van der Waals surface area contributed by atoms with Gasteiger partial charge < -0.3 is 15.7 Å². The SMILES string of the molecule is CN(Cc1cccc(-c2ccccc2)c1)C(=N)NC(=O)c1ccc(C[C@H](N)C(=O)O)cc1. The van der Waals surface area contributed by atoms with Gasteiger partial charge in [-0.2, -0.15) is 0 Å². The third kappa shape index (κ3) is 6.02. The molecule has 0 aliphatic heterocycles. The quantitative estimate of drug-likeness (QED) is 0.339. The van der Waals surface area contributed by atoms with Crippen molar-refractivity contribution in [3.8, 4) is 11.1 Å². The molecule has 1 amide bonds. The second-order valence-electron chi connectivity index (χ2n) is 7.57. The van der Waals surface area contributed by atoms with Gasteiger partial charge in [0.15, 0.2) is 5.96 Å². The van der Waals surface area contributed by atoms with Crippen LogP contribution in [-0.4, -0.2) is 40.9 Å². The van der Waals surface area contributed by atoms with E-state index in [2.05, 4.69) is 11.4 Å². The topological polar surface area (TPSA) is 120 Å². The van der Waals surface area contributed by atoms with Gasteiger partial charge in [-0.15, -0.1) is 0 Å². The highest BCUT2D eigenvalue weighted by Crippen LogP contribution is 2.20. The molecule has 0 spiro atoms. The van der Waals surface area contributed by atoms with E-state index in [1.807, 2.05) is 48.5 Å². The van der Waals surface area contributed by atoms with E-state index in [1.54, 1.807) is 36.2 Å². The second kappa shape index (κ2) is 10.4. The predicted octanol–water partition coefficient (Wildman–Crippen LogP) is 3.10. The number of carboxylic acid groups (broad SMARTS) is 1. The van der Waals surface area contributed by atoms with E-state index in [0.29, 0.717) is 12.1 Å². The molecular weight excluding hydrogens is 404 g/mol. The van der Waals surface area contributed by atoms with E-state index in [-0.39, 0.29) is 12.4 Å². The number of rotatable bonds is 7. The molecule has 1 atom stereocenters. The Balaban J connectivity index is 1.58. The molecule has 3 aromatic rings. The van der Waals surface area contributed by atoms with Crippen LogP contribution in [0.1, 0.15) is 21.5 Å². The number of carbonyl (C=O) groups is 2. The number of carboxylic acids is 1. The van der Waals surface area contributed by atoms with Crippen molar-refractivity contribution >= 4 is 17.8 Å². The summed E-state index contributed by atoms with van der Waals surface area (Å²) >= 11 is 0. The minimum Gasteiger partial charge on any atom is -0.480 e. The van der Waals surface area contributed by atoms with Crippen LogP contribution in [0.25, 0.3) is 11.1 Å². The molecule has 0 radical (unpaired) electrons. The van der Waals surface area contributed by atoms with Crippen LogP contribution in [0.5, 0.6) is 0 Å². The highest BCUT2D eigenvalue weighted by Gasteiger charge is 2.14. The van der Waals surface area contributed by atoms with E-state index in [1.165, 1.54) is 0 Å². The molecule has 7 nitrogen and oxygen atoms in total. The Labute approximate surface area is 187 Å². The van der Waals surface area contributed by atoms with Gasteiger partial charge in [-0.1, -0.05) is 60.7 Å². The largest absolute Gasteiger partial charge is 0.480 e. The van der Waals surface area contributed by atoms with Crippen LogP contribution in [0.4, 0.5) is 0 Å². The molecule has 0 fully saturated rings. The van der Waals surface area contributed by atoms with Gasteiger partial charge in [0, 0.05) is 19.2 Å². The van der Waals surface area contributed by atoms with Gasteiger partial charge in [-0.05, 0) is 46.9 Å². The molecule has 164 valence electrons. The number of benzene rings is 3. The van der Waals surface area contributed by atoms with Crippen molar-refractivity contribution < 1.29 is 14.7 Å². The Morgan fingerprint density at radius 3 is 2.28 bits per heavy atom. The summed E-state index contributed by atoms with van der Waals surface area (Å²) in [6.07, 6.45) is 0.178. The zero-order valence-electron chi connectivity index (χ0n) is 17.8. The fourth-order valence-corrected chi connectivity index (χ4v) is 3.24. The van der Waals surface area contributed by atoms with Crippen LogP contribution in [0.15, 0.2) is 78.9 Å². The smallest absolute Gasteiger partial charge is 0.320 e. The number of nitrogens with two attached hydrogens (primary N) is 1. The fraction of sp³-hybridized carbons (Fsp3) is 0.160. The molecule has 5 N–H and O–H groups in total. The van der Waals surface area contributed by atoms with Gasteiger partial charge in [0.05, 0.1) is 0 Å². The van der Waals surface area contributed by atoms with E-state index in [4.69, 9.17) is 16.2 Å². The van der Waals surface area contributed by atoms with Crippen LogP contribution < -0.4 is 11.1 Å². The van der Waals surface area contributed by atoms with Gasteiger partial charge in [0.2, 0.25) is 0 Å². The van der Waals surface area contributed by atoms with Crippen molar-refractivity contribution in [3.05, 3.63) is 95.6 Å². The average Bonchev–Trinajstić information content (AvgIpc) is 2.80. The molecular formula is C25H26N4O3. The maximum atomic E-state index is 12.5. The molecule has 7 heteroatoms. The third-order valence-electron chi connectivity index (χ3n) is 5.06. The molecule has 0 heterocycles. The second-order valence-corrected chi connectivity index (χ2v) is 7.57. The number of carbonyl (C=O) groups excluding carboxylic acids is 1. The number of amides is 1. The monoisotopic (exact) mass is 430 g/mol. The Bertz CT molecular complexity index is 1100. The molecule has 0 bridgehead atoms. The lowest BCUT2D eigenvalue weighted by molar-refractivity contribution is -0.138. The minimum atomic E-state index is -1.07. The Morgan fingerprint density at radius 1 is 0.969 bits per heavy atom. The molecule has 0 saturated heterocycles. The van der Waals surface area contributed by atoms with Gasteiger partial charge >= 0.3 is 5.97 Å². The lowest BCUT2D eigenvalue weighted by Crippen LogP contribution is -2.41. The van der Waals surface area contributed by atoms with Crippen LogP contribution in [0.2, 0.25) is 0 Å². The van der Waals surface area contributed by atoms with E-state index >= 15 is 0 Å². The third-order valence-corrected chi connectivity index (χ3v) is 5.06. The van der Waals surface area contributed by atoms with Gasteiger partial charge in [0.1, 0.15) is 6.04 Å². The fourth-order valence-electron chi connectivity index (χ4n) is 3.24. The lowest BCUT2D eigenvalue weighted by Gasteiger charge is -2.20. The first-order chi connectivity index (χ1) is 15.3. The normalized spacial score (nSPS) is 11.4. The Morgan fingerprint density at radius 2 is 1.62 bits per heavy atom. The van der Waals surface area contributed by atoms with E-state index in [0.717, 1.165) is 22.3 Å². The van der Waals surface area contributed by atoms with Crippen LogP contribution in [0, 0.1) is 5.41 Å². The first-order valence-corrected chi connectivity index (χ1v) is 10.2. The van der Waals surface area contributed by atoms with E-state index in [9.17, 15) is 9.59 Å². The van der Waals surface area contributed by atoms with Crippen molar-refractivity contribution in [3.63, 3.8) is 0 Å². The molecule has 3 aromatic carbocycles. The summed E-state index contributed by atoms with van der Waals surface area (Å²) in [7, 11) is 1.74. The summed E-state index contributed by atoms with van der Waals surface area (Å²) in [5.74, 6) is -1.50. The number of guanidine groups is 1. The van der Waals surface area contributed by atoms with E-state index < -0.39 is 17.9 Å². The first kappa shape index (κ1) is 22.7. The molecule has 0 aliphatic carbocycles. The zero-order chi connectivity index (χ0) is 23.1. The lowest BCUT2D eigenvalue weighted by atomic mass is 10.0. The van der Waals surface area contributed by atoms with Gasteiger partial charge in [-0.3, -0.25) is 20.3 Å². The molecule has 0 unspecified atom stereocenters. The number of hydrogen-bond acceptors (Lipinski definition) is 4. The predicted molar refractivity (Wildman–Crippen MR) is 124 cm³/mol. The van der Waals surface area contributed by atoms with Crippen LogP contribution in [-0.2, 0) is 17.8 Å². The summed E-state index contributed by atoms with van der Waals surface area (Å²) in [4.78, 5) is 25.0. The molecule has 0 aliphatic rings. The Kier molecular flexibility index (Phi) is 7.36. The Hall–Kier alpha value is -3.97. The van der Waals surface area contributed by atoms with Gasteiger partial charge in [-0.25, -0.2) is 0 Å². The van der Waals surface area contributed by atoms with Crippen molar-refractivity contribution in [2.75, 3.05) is 7.05 Å². The highest BCUT2D eigenvalue weighted by molar-refractivity contribution is 6.04. The summed E-state index contributed by atoms with van der Waals surface area (Å²) in [6.45, 7) is 0.464. The minimum absolute atomic E-state index is 0.0166. The number of nitrogens with one attached hydrogen (secondary N) is 2. The maximum absolute atomic E-state index is 12.5. The first-order valence-electron chi connectivity index (χ1n) is 10.2. The standard InChI is InChI=1S/C25H26N4O3/c1-29(16-18-6-5-9-21(14-18)19-7-3-2-4-8-19)25(27)28-23(30)20-12-10-17(11-13-20)15-22(26)24(31)32/h2-14,22H,15-16,26H2,1H3,(H,31,32)(H2,27,28,30)/t22-/m0/s1. The van der Waals surface area contributed by atoms with Crippen LogP contribution in [0.3, 0.4) is 0 Å². The summed E-state index contributed by atoms with van der Waals surface area (Å²) in [6, 6.07) is 23.7. The average molecular weight is 431 g/mol. The highest BCUT2D eigenvalue weighted by atomic mass is 16.4. The maximum Gasteiger partial charge on any atom is 0.320 e. The van der Waals surface area contributed by atoms with Crippen molar-refractivity contribution in [2.24, 2.45) is 5.73 Å².